The normalized spacial score (nSPS) is 15.1. The van der Waals surface area contributed by atoms with Crippen molar-refractivity contribution in [2.75, 3.05) is 32.8 Å². The number of hydrogen-bond donors (Lipinski definition) is 0. The van der Waals surface area contributed by atoms with Crippen LogP contribution in [0.5, 0.6) is 5.75 Å². The van der Waals surface area contributed by atoms with Crippen LogP contribution in [0.1, 0.15) is 0 Å². The predicted molar refractivity (Wildman–Crippen MR) is 105 cm³/mol. The molecule has 2 aromatic carbocycles. The Labute approximate surface area is 176 Å². The molecule has 1 aliphatic rings. The molecule has 1 amide bonds. The van der Waals surface area contributed by atoms with Crippen LogP contribution in [0.15, 0.2) is 47.4 Å². The van der Waals surface area contributed by atoms with Crippen LogP contribution in [-0.4, -0.2) is 61.2 Å². The van der Waals surface area contributed by atoms with Gasteiger partial charge in [0.2, 0.25) is 15.8 Å². The highest BCUT2D eigenvalue weighted by Crippen LogP contribution is 2.27. The molecule has 12 heteroatoms. The summed E-state index contributed by atoms with van der Waals surface area (Å²) in [6.45, 7) is -0.123. The molecule has 30 heavy (non-hydrogen) atoms. The number of nitrogens with zero attached hydrogens (tertiary/aromatic N) is 3. The number of sulfonamides is 1. The largest absolute Gasteiger partial charge is 0.477 e. The molecule has 1 fully saturated rings. The number of hydrogen-bond acceptors (Lipinski definition) is 6. The lowest BCUT2D eigenvalue weighted by atomic mass is 10.3. The van der Waals surface area contributed by atoms with E-state index in [-0.39, 0.29) is 36.8 Å². The average Bonchev–Trinajstić information content (AvgIpc) is 2.72. The fraction of sp³-hybridized carbons (Fsp3) is 0.278. The van der Waals surface area contributed by atoms with Crippen LogP contribution in [0.3, 0.4) is 0 Å². The van der Waals surface area contributed by atoms with E-state index < -0.39 is 39.0 Å². The number of ether oxygens (including phenoxy) is 1. The average molecular weight is 458 g/mol. The highest BCUT2D eigenvalue weighted by atomic mass is 35.5. The minimum Gasteiger partial charge on any atom is -0.477 e. The molecule has 0 unspecified atom stereocenters. The summed E-state index contributed by atoms with van der Waals surface area (Å²) in [7, 11) is -3.71. The predicted octanol–water partition coefficient (Wildman–Crippen LogP) is 2.30. The van der Waals surface area contributed by atoms with Gasteiger partial charge in [-0.3, -0.25) is 14.9 Å². The van der Waals surface area contributed by atoms with E-state index in [2.05, 4.69) is 0 Å². The fourth-order valence-corrected chi connectivity index (χ4v) is 4.47. The number of benzene rings is 2. The van der Waals surface area contributed by atoms with Gasteiger partial charge < -0.3 is 9.64 Å². The van der Waals surface area contributed by atoms with E-state index in [0.29, 0.717) is 5.02 Å². The van der Waals surface area contributed by atoms with Crippen LogP contribution in [0.4, 0.5) is 10.1 Å². The Morgan fingerprint density at radius 1 is 1.13 bits per heavy atom. The zero-order chi connectivity index (χ0) is 21.9. The van der Waals surface area contributed by atoms with Gasteiger partial charge in [-0.2, -0.15) is 4.31 Å². The van der Waals surface area contributed by atoms with Crippen molar-refractivity contribution in [2.45, 2.75) is 4.90 Å². The summed E-state index contributed by atoms with van der Waals surface area (Å²) in [5.74, 6) is -1.57. The molecule has 2 aromatic rings. The van der Waals surface area contributed by atoms with Gasteiger partial charge in [0.1, 0.15) is 5.82 Å². The first-order chi connectivity index (χ1) is 14.2. The van der Waals surface area contributed by atoms with Gasteiger partial charge in [-0.15, -0.1) is 0 Å². The Bertz CT molecular complexity index is 1060. The van der Waals surface area contributed by atoms with Gasteiger partial charge in [0.15, 0.2) is 6.61 Å². The molecule has 1 heterocycles. The minimum atomic E-state index is -3.71. The van der Waals surface area contributed by atoms with Crippen molar-refractivity contribution in [3.63, 3.8) is 0 Å². The van der Waals surface area contributed by atoms with Crippen molar-refractivity contribution in [1.82, 2.24) is 9.21 Å². The molecular formula is C18H17ClFN3O6S. The number of rotatable bonds is 6. The highest BCUT2D eigenvalue weighted by Gasteiger charge is 2.30. The van der Waals surface area contributed by atoms with Crippen LogP contribution in [0.2, 0.25) is 5.02 Å². The van der Waals surface area contributed by atoms with E-state index in [1.165, 1.54) is 33.5 Å². The quantitative estimate of drug-likeness (QED) is 0.486. The monoisotopic (exact) mass is 457 g/mol. The molecule has 0 bridgehead atoms. The number of carbonyl (C=O) groups is 1. The minimum absolute atomic E-state index is 0.0802. The van der Waals surface area contributed by atoms with E-state index >= 15 is 0 Å². The lowest BCUT2D eigenvalue weighted by Gasteiger charge is -2.33. The fourth-order valence-electron chi connectivity index (χ4n) is 2.92. The van der Waals surface area contributed by atoms with Crippen molar-refractivity contribution in [3.8, 4) is 5.75 Å². The number of nitro benzene ring substituents is 1. The van der Waals surface area contributed by atoms with E-state index in [4.69, 9.17) is 16.3 Å². The van der Waals surface area contributed by atoms with Crippen LogP contribution in [0.25, 0.3) is 0 Å². The van der Waals surface area contributed by atoms with Crippen LogP contribution < -0.4 is 4.74 Å². The molecule has 9 nitrogen and oxygen atoms in total. The summed E-state index contributed by atoms with van der Waals surface area (Å²) in [6, 6.07) is 8.50. The topological polar surface area (TPSA) is 110 Å². The third kappa shape index (κ3) is 4.86. The molecule has 1 aliphatic heterocycles. The second kappa shape index (κ2) is 8.94. The third-order valence-corrected chi connectivity index (χ3v) is 6.68. The maximum atomic E-state index is 13.3. The second-order valence-electron chi connectivity index (χ2n) is 6.40. The highest BCUT2D eigenvalue weighted by molar-refractivity contribution is 7.89. The van der Waals surface area contributed by atoms with Crippen molar-refractivity contribution < 1.29 is 27.3 Å². The van der Waals surface area contributed by atoms with Gasteiger partial charge in [-0.1, -0.05) is 11.6 Å². The summed E-state index contributed by atoms with van der Waals surface area (Å²) in [6.07, 6.45) is 0. The summed E-state index contributed by atoms with van der Waals surface area (Å²) in [5.41, 5.74) is -0.455. The van der Waals surface area contributed by atoms with Crippen molar-refractivity contribution in [3.05, 3.63) is 63.4 Å². The molecule has 1 saturated heterocycles. The first kappa shape index (κ1) is 21.9. The summed E-state index contributed by atoms with van der Waals surface area (Å²) >= 11 is 5.79. The summed E-state index contributed by atoms with van der Waals surface area (Å²) in [5, 5.41) is 11.4. The molecule has 0 atom stereocenters. The number of halogens is 2. The summed E-state index contributed by atoms with van der Waals surface area (Å²) < 4.78 is 45.1. The van der Waals surface area contributed by atoms with E-state index in [1.54, 1.807) is 0 Å². The van der Waals surface area contributed by atoms with Gasteiger partial charge in [0.05, 0.1) is 9.82 Å². The van der Waals surface area contributed by atoms with Crippen LogP contribution >= 0.6 is 11.6 Å². The molecule has 0 spiro atoms. The van der Waals surface area contributed by atoms with Crippen molar-refractivity contribution >= 4 is 33.2 Å². The van der Waals surface area contributed by atoms with Crippen LogP contribution in [-0.2, 0) is 14.8 Å². The Morgan fingerprint density at radius 3 is 2.37 bits per heavy atom. The number of carbonyl (C=O) groups excluding carboxylic acids is 1. The van der Waals surface area contributed by atoms with E-state index in [9.17, 15) is 27.7 Å². The zero-order valence-electron chi connectivity index (χ0n) is 15.5. The second-order valence-corrected chi connectivity index (χ2v) is 8.77. The SMILES string of the molecule is O=C(COc1cc(F)ccc1[N+](=O)[O-])N1CCN(S(=O)(=O)c2ccc(Cl)cc2)CC1. The maximum Gasteiger partial charge on any atom is 0.311 e. The molecule has 0 aromatic heterocycles. The number of piperazine rings is 1. The zero-order valence-corrected chi connectivity index (χ0v) is 17.1. The Kier molecular flexibility index (Phi) is 6.54. The molecule has 160 valence electrons. The smallest absolute Gasteiger partial charge is 0.311 e. The van der Waals surface area contributed by atoms with Crippen molar-refractivity contribution in [2.24, 2.45) is 0 Å². The van der Waals surface area contributed by atoms with Gasteiger partial charge in [-0.25, -0.2) is 12.8 Å². The van der Waals surface area contributed by atoms with Crippen molar-refractivity contribution in [1.29, 1.82) is 0 Å². The summed E-state index contributed by atoms with van der Waals surface area (Å²) in [4.78, 5) is 24.1. The maximum absolute atomic E-state index is 13.3. The standard InChI is InChI=1S/C18H17ClFN3O6S/c19-13-1-4-15(5-2-13)30(27,28)22-9-7-21(8-10-22)18(24)12-29-17-11-14(20)3-6-16(17)23(25)26/h1-6,11H,7-10,12H2. The third-order valence-electron chi connectivity index (χ3n) is 4.51. The molecule has 0 aliphatic carbocycles. The lowest BCUT2D eigenvalue weighted by Crippen LogP contribution is -2.51. The molecule has 0 radical (unpaired) electrons. The number of nitro groups is 1. The van der Waals surface area contributed by atoms with E-state index in [0.717, 1.165) is 18.2 Å². The molecule has 3 rings (SSSR count). The number of amides is 1. The van der Waals surface area contributed by atoms with Gasteiger partial charge in [0.25, 0.3) is 5.91 Å². The first-order valence-corrected chi connectivity index (χ1v) is 10.6. The van der Waals surface area contributed by atoms with E-state index in [1.807, 2.05) is 0 Å². The molecular weight excluding hydrogens is 441 g/mol. The van der Waals surface area contributed by atoms with Crippen LogP contribution in [0, 0.1) is 15.9 Å². The van der Waals surface area contributed by atoms with Gasteiger partial charge in [0, 0.05) is 43.3 Å². The lowest BCUT2D eigenvalue weighted by molar-refractivity contribution is -0.385. The molecule has 0 saturated carbocycles. The first-order valence-electron chi connectivity index (χ1n) is 8.79. The molecule has 0 N–H and O–H groups in total. The Morgan fingerprint density at radius 2 is 1.77 bits per heavy atom. The Hall–Kier alpha value is -2.76. The van der Waals surface area contributed by atoms with Gasteiger partial charge >= 0.3 is 5.69 Å². The Balaban J connectivity index is 1.59. The van der Waals surface area contributed by atoms with Gasteiger partial charge in [-0.05, 0) is 30.3 Å².